The van der Waals surface area contributed by atoms with Gasteiger partial charge in [-0.25, -0.2) is 0 Å². The van der Waals surface area contributed by atoms with E-state index in [1.807, 2.05) is 0 Å². The van der Waals surface area contributed by atoms with Gasteiger partial charge in [-0.1, -0.05) is 36.8 Å². The third-order valence-corrected chi connectivity index (χ3v) is 4.22. The lowest BCUT2D eigenvalue weighted by Crippen LogP contribution is -2.53. The third kappa shape index (κ3) is 3.56. The largest absolute Gasteiger partial charge is 0.374 e. The molecular formula is C16H24N2O. The Kier molecular flexibility index (Phi) is 4.49. The molecule has 104 valence electrons. The Morgan fingerprint density at radius 2 is 2.11 bits per heavy atom. The molecule has 1 aromatic rings. The van der Waals surface area contributed by atoms with Crippen LogP contribution in [-0.2, 0) is 11.3 Å². The van der Waals surface area contributed by atoms with Crippen LogP contribution >= 0.6 is 0 Å². The second-order valence-corrected chi connectivity index (χ2v) is 5.69. The van der Waals surface area contributed by atoms with E-state index in [0.29, 0.717) is 12.1 Å². The molecule has 3 heteroatoms. The zero-order valence-corrected chi connectivity index (χ0v) is 11.6. The van der Waals surface area contributed by atoms with Crippen molar-refractivity contribution in [2.45, 2.75) is 38.0 Å². The van der Waals surface area contributed by atoms with Gasteiger partial charge in [-0.3, -0.25) is 4.90 Å². The van der Waals surface area contributed by atoms with E-state index >= 15 is 0 Å². The zero-order valence-electron chi connectivity index (χ0n) is 11.6. The summed E-state index contributed by atoms with van der Waals surface area (Å²) in [5.41, 5.74) is 1.40. The summed E-state index contributed by atoms with van der Waals surface area (Å²) in [6.07, 6.45) is 4.30. The van der Waals surface area contributed by atoms with Crippen molar-refractivity contribution >= 4 is 0 Å². The molecule has 0 saturated carbocycles. The smallest absolute Gasteiger partial charge is 0.0855 e. The Labute approximate surface area is 115 Å². The highest BCUT2D eigenvalue weighted by Gasteiger charge is 2.28. The van der Waals surface area contributed by atoms with E-state index in [4.69, 9.17) is 4.74 Å². The molecule has 0 bridgehead atoms. The molecule has 2 aliphatic rings. The van der Waals surface area contributed by atoms with Gasteiger partial charge in [-0.2, -0.15) is 0 Å². The third-order valence-electron chi connectivity index (χ3n) is 4.22. The number of ether oxygens (including phenoxy) is 1. The van der Waals surface area contributed by atoms with Gasteiger partial charge in [-0.15, -0.1) is 0 Å². The Morgan fingerprint density at radius 1 is 1.21 bits per heavy atom. The molecule has 0 radical (unpaired) electrons. The summed E-state index contributed by atoms with van der Waals surface area (Å²) in [7, 11) is 0. The molecule has 2 atom stereocenters. The first-order valence-corrected chi connectivity index (χ1v) is 7.53. The lowest BCUT2D eigenvalue weighted by atomic mass is 9.98. The molecule has 1 N–H and O–H groups in total. The Bertz CT molecular complexity index is 376. The summed E-state index contributed by atoms with van der Waals surface area (Å²) in [4.78, 5) is 2.53. The fourth-order valence-corrected chi connectivity index (χ4v) is 3.16. The van der Waals surface area contributed by atoms with Gasteiger partial charge in [0, 0.05) is 25.7 Å². The van der Waals surface area contributed by atoms with E-state index in [0.717, 1.165) is 32.8 Å². The van der Waals surface area contributed by atoms with Gasteiger partial charge in [0.1, 0.15) is 0 Å². The summed E-state index contributed by atoms with van der Waals surface area (Å²) in [6, 6.07) is 11.3. The van der Waals surface area contributed by atoms with Crippen LogP contribution in [0.5, 0.6) is 0 Å². The van der Waals surface area contributed by atoms with Crippen LogP contribution in [0.4, 0.5) is 0 Å². The van der Waals surface area contributed by atoms with E-state index in [1.165, 1.54) is 24.8 Å². The molecule has 2 aliphatic heterocycles. The molecule has 0 aliphatic carbocycles. The first-order valence-electron chi connectivity index (χ1n) is 7.53. The first kappa shape index (κ1) is 13.1. The van der Waals surface area contributed by atoms with E-state index in [1.54, 1.807) is 0 Å². The molecule has 2 unspecified atom stereocenters. The second kappa shape index (κ2) is 6.51. The second-order valence-electron chi connectivity index (χ2n) is 5.69. The molecule has 2 heterocycles. The maximum absolute atomic E-state index is 5.98. The monoisotopic (exact) mass is 260 g/mol. The minimum Gasteiger partial charge on any atom is -0.374 e. The summed E-state index contributed by atoms with van der Waals surface area (Å²) >= 11 is 0. The average molecular weight is 260 g/mol. The maximum atomic E-state index is 5.98. The van der Waals surface area contributed by atoms with Crippen molar-refractivity contribution in [3.8, 4) is 0 Å². The molecule has 2 fully saturated rings. The highest BCUT2D eigenvalue weighted by Crippen LogP contribution is 2.18. The van der Waals surface area contributed by atoms with Crippen molar-refractivity contribution in [3.05, 3.63) is 35.9 Å². The highest BCUT2D eigenvalue weighted by atomic mass is 16.5. The van der Waals surface area contributed by atoms with Gasteiger partial charge in [-0.05, 0) is 24.9 Å². The standard InChI is InChI=1S/C16H24N2O/c1-2-6-14(7-3-1)12-18-10-11-19-16(13-18)15-8-4-5-9-17-15/h1-3,6-7,15-17H,4-5,8-13H2. The quantitative estimate of drug-likeness (QED) is 0.900. The van der Waals surface area contributed by atoms with Crippen molar-refractivity contribution in [2.75, 3.05) is 26.2 Å². The van der Waals surface area contributed by atoms with E-state index < -0.39 is 0 Å². The number of nitrogens with one attached hydrogen (secondary N) is 1. The van der Waals surface area contributed by atoms with Crippen LogP contribution in [0, 0.1) is 0 Å². The fraction of sp³-hybridized carbons (Fsp3) is 0.625. The number of nitrogens with zero attached hydrogens (tertiary/aromatic N) is 1. The lowest BCUT2D eigenvalue weighted by molar-refractivity contribution is -0.0528. The van der Waals surface area contributed by atoms with Crippen LogP contribution in [0.3, 0.4) is 0 Å². The Morgan fingerprint density at radius 3 is 2.89 bits per heavy atom. The SMILES string of the molecule is c1ccc(CN2CCOC(C3CCCCN3)C2)cc1. The fourth-order valence-electron chi connectivity index (χ4n) is 3.16. The average Bonchev–Trinajstić information content (AvgIpc) is 2.49. The number of hydrogen-bond acceptors (Lipinski definition) is 3. The molecule has 0 amide bonds. The topological polar surface area (TPSA) is 24.5 Å². The van der Waals surface area contributed by atoms with Crippen molar-refractivity contribution in [1.29, 1.82) is 0 Å². The number of piperidine rings is 1. The molecule has 0 aromatic heterocycles. The summed E-state index contributed by atoms with van der Waals surface area (Å²) in [5.74, 6) is 0. The number of morpholine rings is 1. The van der Waals surface area contributed by atoms with Crippen LogP contribution in [0.25, 0.3) is 0 Å². The molecule has 0 spiro atoms. The van der Waals surface area contributed by atoms with E-state index in [9.17, 15) is 0 Å². The molecule has 3 rings (SSSR count). The summed E-state index contributed by atoms with van der Waals surface area (Å²) < 4.78 is 5.98. The van der Waals surface area contributed by atoms with Gasteiger partial charge >= 0.3 is 0 Å². The van der Waals surface area contributed by atoms with Gasteiger partial charge < -0.3 is 10.1 Å². The zero-order chi connectivity index (χ0) is 12.9. The molecular weight excluding hydrogens is 236 g/mol. The predicted octanol–water partition coefficient (Wildman–Crippen LogP) is 2.03. The van der Waals surface area contributed by atoms with Crippen molar-refractivity contribution in [1.82, 2.24) is 10.2 Å². The van der Waals surface area contributed by atoms with Crippen LogP contribution in [0.15, 0.2) is 30.3 Å². The van der Waals surface area contributed by atoms with Crippen LogP contribution in [0.2, 0.25) is 0 Å². The van der Waals surface area contributed by atoms with E-state index in [-0.39, 0.29) is 0 Å². The number of hydrogen-bond donors (Lipinski definition) is 1. The predicted molar refractivity (Wildman–Crippen MR) is 77.1 cm³/mol. The van der Waals surface area contributed by atoms with E-state index in [2.05, 4.69) is 40.5 Å². The van der Waals surface area contributed by atoms with Gasteiger partial charge in [0.2, 0.25) is 0 Å². The lowest BCUT2D eigenvalue weighted by Gasteiger charge is -2.38. The minimum absolute atomic E-state index is 0.373. The summed E-state index contributed by atoms with van der Waals surface area (Å²) in [6.45, 7) is 5.19. The Hall–Kier alpha value is -0.900. The van der Waals surface area contributed by atoms with Gasteiger partial charge in [0.25, 0.3) is 0 Å². The normalized spacial score (nSPS) is 29.3. The van der Waals surface area contributed by atoms with Crippen LogP contribution < -0.4 is 5.32 Å². The minimum atomic E-state index is 0.373. The number of benzene rings is 1. The maximum Gasteiger partial charge on any atom is 0.0855 e. The van der Waals surface area contributed by atoms with Crippen molar-refractivity contribution < 1.29 is 4.74 Å². The molecule has 1 aromatic carbocycles. The molecule has 3 nitrogen and oxygen atoms in total. The van der Waals surface area contributed by atoms with Crippen LogP contribution in [0.1, 0.15) is 24.8 Å². The molecule has 2 saturated heterocycles. The number of rotatable bonds is 3. The van der Waals surface area contributed by atoms with Crippen LogP contribution in [-0.4, -0.2) is 43.3 Å². The highest BCUT2D eigenvalue weighted by molar-refractivity contribution is 5.14. The molecule has 19 heavy (non-hydrogen) atoms. The van der Waals surface area contributed by atoms with Crippen molar-refractivity contribution in [3.63, 3.8) is 0 Å². The Balaban J connectivity index is 1.55. The van der Waals surface area contributed by atoms with Crippen molar-refractivity contribution in [2.24, 2.45) is 0 Å². The summed E-state index contributed by atoms with van der Waals surface area (Å²) in [5, 5.41) is 3.62. The first-order chi connectivity index (χ1) is 9.42. The van der Waals surface area contributed by atoms with Gasteiger partial charge in [0.05, 0.1) is 12.7 Å². The van der Waals surface area contributed by atoms with Gasteiger partial charge in [0.15, 0.2) is 0 Å².